The molecule has 0 atom stereocenters. The van der Waals surface area contributed by atoms with Crippen molar-refractivity contribution in [1.29, 1.82) is 0 Å². The molecule has 1 fully saturated rings. The molecule has 0 spiro atoms. The van der Waals surface area contributed by atoms with Crippen LogP contribution in [0.25, 0.3) is 0 Å². The van der Waals surface area contributed by atoms with Crippen LogP contribution in [0.2, 0.25) is 5.02 Å². The molecule has 2 aromatic rings. The van der Waals surface area contributed by atoms with E-state index < -0.39 is 0 Å². The molecule has 1 aliphatic rings. The van der Waals surface area contributed by atoms with Crippen molar-refractivity contribution in [2.45, 2.75) is 13.8 Å². The van der Waals surface area contributed by atoms with Crippen molar-refractivity contribution in [2.75, 3.05) is 36.4 Å². The third-order valence-corrected chi connectivity index (χ3v) is 4.88. The molecule has 2 amide bonds. The van der Waals surface area contributed by atoms with Crippen LogP contribution in [0.15, 0.2) is 48.5 Å². The summed E-state index contributed by atoms with van der Waals surface area (Å²) in [6.07, 6.45) is 0. The number of hydrogen-bond donors (Lipinski definition) is 1. The number of piperazine rings is 1. The second-order valence-corrected chi connectivity index (χ2v) is 7.42. The number of benzene rings is 2. The van der Waals surface area contributed by atoms with Crippen molar-refractivity contribution in [1.82, 2.24) is 4.90 Å². The fourth-order valence-corrected chi connectivity index (χ4v) is 3.22. The largest absolute Gasteiger partial charge is 0.368 e. The second kappa shape index (κ2) is 8.44. The number of halogens is 1. The summed E-state index contributed by atoms with van der Waals surface area (Å²) in [5.41, 5.74) is 2.32. The first kappa shape index (κ1) is 19.2. The maximum Gasteiger partial charge on any atom is 0.254 e. The van der Waals surface area contributed by atoms with Gasteiger partial charge < -0.3 is 15.1 Å². The Balaban J connectivity index is 1.63. The quantitative estimate of drug-likeness (QED) is 0.868. The van der Waals surface area contributed by atoms with E-state index >= 15 is 0 Å². The van der Waals surface area contributed by atoms with Crippen molar-refractivity contribution >= 4 is 34.8 Å². The predicted molar refractivity (Wildman–Crippen MR) is 109 cm³/mol. The minimum atomic E-state index is -0.107. The lowest BCUT2D eigenvalue weighted by Crippen LogP contribution is -2.48. The van der Waals surface area contributed by atoms with E-state index in [1.807, 2.05) is 43.0 Å². The van der Waals surface area contributed by atoms with Gasteiger partial charge in [0.2, 0.25) is 5.91 Å². The molecule has 0 unspecified atom stereocenters. The third-order valence-electron chi connectivity index (χ3n) is 4.64. The Morgan fingerprint density at radius 2 is 1.70 bits per heavy atom. The molecule has 27 heavy (non-hydrogen) atoms. The van der Waals surface area contributed by atoms with E-state index in [0.29, 0.717) is 29.4 Å². The van der Waals surface area contributed by atoms with Crippen LogP contribution in [-0.4, -0.2) is 42.9 Å². The van der Waals surface area contributed by atoms with Crippen LogP contribution in [0.4, 0.5) is 11.4 Å². The Kier molecular flexibility index (Phi) is 6.01. The molecular weight excluding hydrogens is 362 g/mol. The number of carbonyl (C=O) groups is 2. The minimum Gasteiger partial charge on any atom is -0.368 e. The summed E-state index contributed by atoms with van der Waals surface area (Å²) in [5.74, 6) is -0.181. The molecule has 0 radical (unpaired) electrons. The van der Waals surface area contributed by atoms with Gasteiger partial charge in [0, 0.05) is 54.1 Å². The fourth-order valence-electron chi connectivity index (χ4n) is 3.04. The smallest absolute Gasteiger partial charge is 0.254 e. The van der Waals surface area contributed by atoms with Gasteiger partial charge in [0.15, 0.2) is 0 Å². The van der Waals surface area contributed by atoms with Crippen LogP contribution in [0.3, 0.4) is 0 Å². The summed E-state index contributed by atoms with van der Waals surface area (Å²) >= 11 is 6.07. The molecule has 142 valence electrons. The zero-order valence-electron chi connectivity index (χ0n) is 15.6. The average Bonchev–Trinajstić information content (AvgIpc) is 2.67. The lowest BCUT2D eigenvalue weighted by Gasteiger charge is -2.36. The first-order chi connectivity index (χ1) is 12.9. The molecule has 1 N–H and O–H groups in total. The van der Waals surface area contributed by atoms with E-state index in [-0.39, 0.29) is 17.7 Å². The van der Waals surface area contributed by atoms with E-state index in [9.17, 15) is 9.59 Å². The standard InChI is InChI=1S/C21H24ClN3O2/c1-15(2)20(26)23-18-7-3-5-16(13-18)21(27)25-11-9-24(10-12-25)19-8-4-6-17(22)14-19/h3-8,13-15H,9-12H2,1-2H3,(H,23,26). The van der Waals surface area contributed by atoms with Gasteiger partial charge in [-0.25, -0.2) is 0 Å². The molecule has 5 nitrogen and oxygen atoms in total. The van der Waals surface area contributed by atoms with Gasteiger partial charge in [0.25, 0.3) is 5.91 Å². The Morgan fingerprint density at radius 3 is 2.37 bits per heavy atom. The highest BCUT2D eigenvalue weighted by molar-refractivity contribution is 6.30. The molecule has 1 heterocycles. The zero-order chi connectivity index (χ0) is 19.4. The van der Waals surface area contributed by atoms with E-state index in [2.05, 4.69) is 10.2 Å². The van der Waals surface area contributed by atoms with Crippen molar-refractivity contribution in [3.63, 3.8) is 0 Å². The molecule has 1 aliphatic heterocycles. The third kappa shape index (κ3) is 4.80. The number of amides is 2. The van der Waals surface area contributed by atoms with E-state index in [1.54, 1.807) is 24.3 Å². The highest BCUT2D eigenvalue weighted by Crippen LogP contribution is 2.22. The number of hydrogen-bond acceptors (Lipinski definition) is 3. The van der Waals surface area contributed by atoms with Gasteiger partial charge in [0.1, 0.15) is 0 Å². The van der Waals surface area contributed by atoms with E-state index in [4.69, 9.17) is 11.6 Å². The molecule has 0 bridgehead atoms. The SMILES string of the molecule is CC(C)C(=O)Nc1cccc(C(=O)N2CCN(c3cccc(Cl)c3)CC2)c1. The van der Waals surface area contributed by atoms with Crippen molar-refractivity contribution in [2.24, 2.45) is 5.92 Å². The van der Waals surface area contributed by atoms with Gasteiger partial charge in [-0.2, -0.15) is 0 Å². The van der Waals surface area contributed by atoms with Gasteiger partial charge in [-0.1, -0.05) is 37.6 Å². The van der Waals surface area contributed by atoms with Gasteiger partial charge in [-0.15, -0.1) is 0 Å². The summed E-state index contributed by atoms with van der Waals surface area (Å²) in [4.78, 5) is 28.8. The summed E-state index contributed by atoms with van der Waals surface area (Å²) in [6, 6.07) is 14.9. The van der Waals surface area contributed by atoms with Crippen LogP contribution in [0.1, 0.15) is 24.2 Å². The number of nitrogens with one attached hydrogen (secondary N) is 1. The molecule has 6 heteroatoms. The van der Waals surface area contributed by atoms with Gasteiger partial charge >= 0.3 is 0 Å². The summed E-state index contributed by atoms with van der Waals surface area (Å²) < 4.78 is 0. The second-order valence-electron chi connectivity index (χ2n) is 6.98. The predicted octanol–water partition coefficient (Wildman–Crippen LogP) is 3.90. The highest BCUT2D eigenvalue weighted by Gasteiger charge is 2.22. The lowest BCUT2D eigenvalue weighted by atomic mass is 10.1. The van der Waals surface area contributed by atoms with Crippen LogP contribution in [0.5, 0.6) is 0 Å². The Bertz CT molecular complexity index is 830. The molecular formula is C21H24ClN3O2. The van der Waals surface area contributed by atoms with E-state index in [0.717, 1.165) is 18.8 Å². The highest BCUT2D eigenvalue weighted by atomic mass is 35.5. The van der Waals surface area contributed by atoms with Crippen LogP contribution >= 0.6 is 11.6 Å². The first-order valence-electron chi connectivity index (χ1n) is 9.15. The number of rotatable bonds is 4. The number of nitrogens with zero attached hydrogens (tertiary/aromatic N) is 2. The van der Waals surface area contributed by atoms with Crippen LogP contribution < -0.4 is 10.2 Å². The molecule has 1 saturated heterocycles. The van der Waals surface area contributed by atoms with Gasteiger partial charge in [-0.3, -0.25) is 9.59 Å². The van der Waals surface area contributed by atoms with Crippen molar-refractivity contribution < 1.29 is 9.59 Å². The molecule has 0 saturated carbocycles. The topological polar surface area (TPSA) is 52.7 Å². The Hall–Kier alpha value is -2.53. The number of carbonyl (C=O) groups excluding carboxylic acids is 2. The van der Waals surface area contributed by atoms with Gasteiger partial charge in [0.05, 0.1) is 0 Å². The zero-order valence-corrected chi connectivity index (χ0v) is 16.4. The first-order valence-corrected chi connectivity index (χ1v) is 9.52. The van der Waals surface area contributed by atoms with Gasteiger partial charge in [-0.05, 0) is 36.4 Å². The molecule has 3 rings (SSSR count). The van der Waals surface area contributed by atoms with Crippen molar-refractivity contribution in [3.05, 3.63) is 59.1 Å². The Morgan fingerprint density at radius 1 is 1.00 bits per heavy atom. The monoisotopic (exact) mass is 385 g/mol. The maximum absolute atomic E-state index is 12.8. The average molecular weight is 386 g/mol. The van der Waals surface area contributed by atoms with Crippen LogP contribution in [-0.2, 0) is 4.79 Å². The normalized spacial score (nSPS) is 14.4. The van der Waals surface area contributed by atoms with E-state index in [1.165, 1.54) is 0 Å². The van der Waals surface area contributed by atoms with Crippen molar-refractivity contribution in [3.8, 4) is 0 Å². The molecule has 2 aromatic carbocycles. The van der Waals surface area contributed by atoms with Crippen LogP contribution in [0, 0.1) is 5.92 Å². The Labute approximate surface area is 164 Å². The maximum atomic E-state index is 12.8. The summed E-state index contributed by atoms with van der Waals surface area (Å²) in [7, 11) is 0. The minimum absolute atomic E-state index is 0.0126. The summed E-state index contributed by atoms with van der Waals surface area (Å²) in [6.45, 7) is 6.49. The summed E-state index contributed by atoms with van der Waals surface area (Å²) in [5, 5.41) is 3.56. The fraction of sp³-hybridized carbons (Fsp3) is 0.333. The number of anilines is 2. The molecule has 0 aliphatic carbocycles. The lowest BCUT2D eigenvalue weighted by molar-refractivity contribution is -0.118. The molecule has 0 aromatic heterocycles.